The summed E-state index contributed by atoms with van der Waals surface area (Å²) >= 11 is 0. The topological polar surface area (TPSA) is 37.3 Å². The van der Waals surface area contributed by atoms with Gasteiger partial charge in [0.05, 0.1) is 5.92 Å². The number of alkyl halides is 1. The largest absolute Gasteiger partial charge is 0.481 e. The van der Waals surface area contributed by atoms with Crippen LogP contribution >= 0.6 is 0 Å². The summed E-state index contributed by atoms with van der Waals surface area (Å²) in [5, 5.41) is 8.85. The molecule has 0 aromatic heterocycles. The van der Waals surface area contributed by atoms with E-state index in [4.69, 9.17) is 5.11 Å². The van der Waals surface area contributed by atoms with E-state index in [1.165, 1.54) is 0 Å². The maximum atomic E-state index is 13.2. The maximum Gasteiger partial charge on any atom is 0.310 e. The van der Waals surface area contributed by atoms with Crippen LogP contribution in [0.5, 0.6) is 0 Å². The Labute approximate surface area is 88.1 Å². The van der Waals surface area contributed by atoms with Crippen LogP contribution < -0.4 is 0 Å². The molecule has 80 valence electrons. The van der Waals surface area contributed by atoms with Crippen LogP contribution in [-0.4, -0.2) is 17.2 Å². The van der Waals surface area contributed by atoms with Gasteiger partial charge in [0, 0.05) is 0 Å². The predicted octanol–water partition coefficient (Wildman–Crippen LogP) is 2.45. The summed E-state index contributed by atoms with van der Waals surface area (Å²) in [6, 6.07) is 9.00. The highest BCUT2D eigenvalue weighted by molar-refractivity contribution is 5.71. The molecule has 2 atom stereocenters. The Hall–Kier alpha value is -1.64. The van der Waals surface area contributed by atoms with Gasteiger partial charge in [0.15, 0.2) is 0 Å². The van der Waals surface area contributed by atoms with Gasteiger partial charge in [-0.05, 0) is 12.0 Å². The van der Waals surface area contributed by atoms with Crippen molar-refractivity contribution in [3.05, 3.63) is 48.6 Å². The zero-order valence-corrected chi connectivity index (χ0v) is 8.27. The molecule has 0 aliphatic heterocycles. The van der Waals surface area contributed by atoms with Crippen molar-refractivity contribution in [2.75, 3.05) is 0 Å². The molecule has 0 spiro atoms. The Morgan fingerprint density at radius 3 is 2.53 bits per heavy atom. The van der Waals surface area contributed by atoms with E-state index in [1.54, 1.807) is 24.3 Å². The lowest BCUT2D eigenvalue weighted by Crippen LogP contribution is -2.25. The molecule has 0 bridgehead atoms. The van der Waals surface area contributed by atoms with Crippen molar-refractivity contribution in [2.45, 2.75) is 12.6 Å². The van der Waals surface area contributed by atoms with Crippen LogP contribution in [0.15, 0.2) is 43.0 Å². The zero-order chi connectivity index (χ0) is 11.3. The molecule has 2 nitrogen and oxygen atoms in total. The smallest absolute Gasteiger partial charge is 0.310 e. The second kappa shape index (κ2) is 5.29. The van der Waals surface area contributed by atoms with Crippen LogP contribution in [0.1, 0.15) is 5.56 Å². The van der Waals surface area contributed by atoms with Crippen molar-refractivity contribution in [1.82, 2.24) is 0 Å². The van der Waals surface area contributed by atoms with Crippen LogP contribution in [0.25, 0.3) is 0 Å². The van der Waals surface area contributed by atoms with E-state index in [9.17, 15) is 9.18 Å². The molecule has 0 amide bonds. The van der Waals surface area contributed by atoms with E-state index in [2.05, 4.69) is 6.58 Å². The highest BCUT2D eigenvalue weighted by atomic mass is 19.1. The average Bonchev–Trinajstić information content (AvgIpc) is 2.26. The van der Waals surface area contributed by atoms with E-state index >= 15 is 0 Å². The number of carbonyl (C=O) groups is 1. The van der Waals surface area contributed by atoms with E-state index in [1.807, 2.05) is 6.07 Å². The van der Waals surface area contributed by atoms with Gasteiger partial charge in [-0.1, -0.05) is 36.4 Å². The van der Waals surface area contributed by atoms with Crippen molar-refractivity contribution in [3.8, 4) is 0 Å². The van der Waals surface area contributed by atoms with E-state index in [-0.39, 0.29) is 6.42 Å². The fourth-order valence-corrected chi connectivity index (χ4v) is 1.37. The molecule has 1 aromatic rings. The molecule has 0 saturated heterocycles. The SMILES string of the molecule is C=C[C@H](F)[C@@H](Cc1ccccc1)C(=O)O. The van der Waals surface area contributed by atoms with E-state index in [0.717, 1.165) is 11.6 Å². The molecule has 1 N–H and O–H groups in total. The third-order valence-electron chi connectivity index (χ3n) is 2.23. The summed E-state index contributed by atoms with van der Waals surface area (Å²) in [5.41, 5.74) is 0.814. The lowest BCUT2D eigenvalue weighted by atomic mass is 9.95. The number of carboxylic acid groups (broad SMARTS) is 1. The lowest BCUT2D eigenvalue weighted by molar-refractivity contribution is -0.143. The molecule has 1 aromatic carbocycles. The van der Waals surface area contributed by atoms with Gasteiger partial charge in [0.2, 0.25) is 0 Å². The normalized spacial score (nSPS) is 14.2. The molecule has 0 radical (unpaired) electrons. The summed E-state index contributed by atoms with van der Waals surface area (Å²) in [5.74, 6) is -2.18. The fourth-order valence-electron chi connectivity index (χ4n) is 1.37. The van der Waals surface area contributed by atoms with Crippen molar-refractivity contribution in [1.29, 1.82) is 0 Å². The lowest BCUT2D eigenvalue weighted by Gasteiger charge is -2.13. The summed E-state index contributed by atoms with van der Waals surface area (Å²) in [7, 11) is 0. The van der Waals surface area contributed by atoms with E-state index in [0.29, 0.717) is 0 Å². The highest BCUT2D eigenvalue weighted by Crippen LogP contribution is 2.16. The van der Waals surface area contributed by atoms with Gasteiger partial charge in [0.1, 0.15) is 6.17 Å². The third-order valence-corrected chi connectivity index (χ3v) is 2.23. The Balaban J connectivity index is 2.76. The molecule has 0 saturated carbocycles. The number of allylic oxidation sites excluding steroid dienone is 1. The number of carboxylic acids is 1. The minimum absolute atomic E-state index is 0.184. The fraction of sp³-hybridized carbons (Fsp3) is 0.250. The van der Waals surface area contributed by atoms with Crippen LogP contribution in [0, 0.1) is 5.92 Å². The van der Waals surface area contributed by atoms with Crippen molar-refractivity contribution in [2.24, 2.45) is 5.92 Å². The first-order chi connectivity index (χ1) is 7.15. The Morgan fingerprint density at radius 1 is 1.47 bits per heavy atom. The van der Waals surface area contributed by atoms with Gasteiger partial charge in [-0.25, -0.2) is 4.39 Å². The summed E-state index contributed by atoms with van der Waals surface area (Å²) in [6.07, 6.45) is -0.298. The van der Waals surface area contributed by atoms with Gasteiger partial charge in [-0.15, -0.1) is 6.58 Å². The molecule has 0 heterocycles. The summed E-state index contributed by atoms with van der Waals surface area (Å²) in [6.45, 7) is 3.27. The van der Waals surface area contributed by atoms with E-state index < -0.39 is 18.1 Å². The van der Waals surface area contributed by atoms with Crippen LogP contribution in [-0.2, 0) is 11.2 Å². The third kappa shape index (κ3) is 3.20. The Kier molecular flexibility index (Phi) is 4.03. The number of rotatable bonds is 5. The molecule has 0 aliphatic rings. The number of aliphatic carboxylic acids is 1. The van der Waals surface area contributed by atoms with Crippen molar-refractivity contribution < 1.29 is 14.3 Å². The zero-order valence-electron chi connectivity index (χ0n) is 8.27. The monoisotopic (exact) mass is 208 g/mol. The number of halogens is 1. The second-order valence-corrected chi connectivity index (χ2v) is 3.31. The maximum absolute atomic E-state index is 13.2. The standard InChI is InChI=1S/C12H13FO2/c1-2-11(13)10(12(14)15)8-9-6-4-3-5-7-9/h2-7,10-11H,1,8H2,(H,14,15)/t10-,11+/m1/s1. The molecule has 0 fully saturated rings. The predicted molar refractivity (Wildman–Crippen MR) is 56.4 cm³/mol. The van der Waals surface area contributed by atoms with Gasteiger partial charge in [-0.2, -0.15) is 0 Å². The Bertz CT molecular complexity index is 335. The molecule has 0 aliphatic carbocycles. The van der Waals surface area contributed by atoms with Crippen LogP contribution in [0.2, 0.25) is 0 Å². The quantitative estimate of drug-likeness (QED) is 0.755. The highest BCUT2D eigenvalue weighted by Gasteiger charge is 2.25. The number of hydrogen-bond acceptors (Lipinski definition) is 1. The van der Waals surface area contributed by atoms with Crippen LogP contribution in [0.3, 0.4) is 0 Å². The molecule has 1 rings (SSSR count). The number of hydrogen-bond donors (Lipinski definition) is 1. The average molecular weight is 208 g/mol. The molecular formula is C12H13FO2. The minimum atomic E-state index is -1.51. The first kappa shape index (κ1) is 11.4. The molecule has 3 heteroatoms. The summed E-state index contributed by atoms with van der Waals surface area (Å²) < 4.78 is 13.2. The molecule has 0 unspecified atom stereocenters. The summed E-state index contributed by atoms with van der Waals surface area (Å²) in [4.78, 5) is 10.8. The first-order valence-electron chi connectivity index (χ1n) is 4.68. The van der Waals surface area contributed by atoms with Gasteiger partial charge in [0.25, 0.3) is 0 Å². The Morgan fingerprint density at radius 2 is 2.07 bits per heavy atom. The van der Waals surface area contributed by atoms with Crippen molar-refractivity contribution >= 4 is 5.97 Å². The number of benzene rings is 1. The molecule has 15 heavy (non-hydrogen) atoms. The van der Waals surface area contributed by atoms with Crippen LogP contribution in [0.4, 0.5) is 4.39 Å². The van der Waals surface area contributed by atoms with Gasteiger partial charge >= 0.3 is 5.97 Å². The van der Waals surface area contributed by atoms with Crippen molar-refractivity contribution in [3.63, 3.8) is 0 Å². The van der Waals surface area contributed by atoms with Gasteiger partial charge in [-0.3, -0.25) is 4.79 Å². The second-order valence-electron chi connectivity index (χ2n) is 3.31. The first-order valence-corrected chi connectivity index (χ1v) is 4.68. The minimum Gasteiger partial charge on any atom is -0.481 e. The van der Waals surface area contributed by atoms with Gasteiger partial charge < -0.3 is 5.11 Å². The molecular weight excluding hydrogens is 195 g/mol.